The number of benzene rings is 1. The highest BCUT2D eigenvalue weighted by Gasteiger charge is 2.17. The van der Waals surface area contributed by atoms with Gasteiger partial charge in [-0.1, -0.05) is 43.2 Å². The third-order valence-corrected chi connectivity index (χ3v) is 5.39. The largest absolute Gasteiger partial charge is 0.473 e. The molecule has 8 heteroatoms. The van der Waals surface area contributed by atoms with Crippen LogP contribution < -0.4 is 4.90 Å². The molecule has 3 heterocycles. The summed E-state index contributed by atoms with van der Waals surface area (Å²) in [6, 6.07) is 12.7. The van der Waals surface area contributed by atoms with Gasteiger partial charge in [-0.3, -0.25) is 0 Å². The summed E-state index contributed by atoms with van der Waals surface area (Å²) in [5.74, 6) is -2.59. The number of thiophene rings is 1. The summed E-state index contributed by atoms with van der Waals surface area (Å²) in [7, 11) is 0. The zero-order valence-electron chi connectivity index (χ0n) is 15.2. The van der Waals surface area contributed by atoms with Gasteiger partial charge in [0, 0.05) is 23.9 Å². The fraction of sp³-hybridized carbons (Fsp3) is 0.300. The van der Waals surface area contributed by atoms with Crippen molar-refractivity contribution in [1.82, 2.24) is 10.2 Å². The molecule has 2 aromatic heterocycles. The number of carboxylic acid groups (broad SMARTS) is 2. The standard InChI is InChI=1S/C18H19N3S.C2H2O4/c1-2-6-12-21(11-5-1)18-15-9-4-3-8-14(15)17(19-20-18)16-10-7-13-22-16;3-1(4)2(5)6/h3-4,7-10,13H,1-2,5-6,11-12H2;(H,3,4)(H,5,6). The summed E-state index contributed by atoms with van der Waals surface area (Å²) in [5, 5.41) is 28.5. The topological polar surface area (TPSA) is 104 Å². The fourth-order valence-electron chi connectivity index (χ4n) is 3.20. The van der Waals surface area contributed by atoms with Gasteiger partial charge in [-0.05, 0) is 24.3 Å². The van der Waals surface area contributed by atoms with Crippen LogP contribution in [-0.4, -0.2) is 45.4 Å². The van der Waals surface area contributed by atoms with Gasteiger partial charge in [-0.2, -0.15) is 0 Å². The van der Waals surface area contributed by atoms with Gasteiger partial charge in [0.25, 0.3) is 0 Å². The average molecular weight is 399 g/mol. The Balaban J connectivity index is 0.000000330. The van der Waals surface area contributed by atoms with Crippen molar-refractivity contribution in [3.05, 3.63) is 41.8 Å². The number of aromatic nitrogens is 2. The lowest BCUT2D eigenvalue weighted by molar-refractivity contribution is -0.159. The maximum Gasteiger partial charge on any atom is 0.414 e. The smallest absolute Gasteiger partial charge is 0.414 e. The number of rotatable bonds is 2. The number of anilines is 1. The van der Waals surface area contributed by atoms with Gasteiger partial charge in [0.05, 0.1) is 4.88 Å². The Labute approximate surface area is 166 Å². The molecule has 146 valence electrons. The molecule has 3 aromatic rings. The van der Waals surface area contributed by atoms with Crippen LogP contribution in [0.4, 0.5) is 5.82 Å². The van der Waals surface area contributed by atoms with Crippen LogP contribution >= 0.6 is 11.3 Å². The van der Waals surface area contributed by atoms with E-state index in [9.17, 15) is 0 Å². The van der Waals surface area contributed by atoms with Crippen LogP contribution in [-0.2, 0) is 9.59 Å². The van der Waals surface area contributed by atoms with Gasteiger partial charge in [-0.15, -0.1) is 21.5 Å². The van der Waals surface area contributed by atoms with Gasteiger partial charge >= 0.3 is 11.9 Å². The Hall–Kier alpha value is -3.00. The Morgan fingerprint density at radius 3 is 2.07 bits per heavy atom. The van der Waals surface area contributed by atoms with Crippen LogP contribution in [0.25, 0.3) is 21.3 Å². The van der Waals surface area contributed by atoms with Crippen molar-refractivity contribution >= 4 is 39.9 Å². The first-order valence-electron chi connectivity index (χ1n) is 9.08. The Morgan fingerprint density at radius 1 is 0.857 bits per heavy atom. The zero-order chi connectivity index (χ0) is 19.9. The quantitative estimate of drug-likeness (QED) is 0.630. The average Bonchev–Trinajstić information content (AvgIpc) is 3.10. The number of aliphatic carboxylic acids is 2. The van der Waals surface area contributed by atoms with Crippen LogP contribution in [0.15, 0.2) is 41.8 Å². The summed E-state index contributed by atoms with van der Waals surface area (Å²) in [6.45, 7) is 2.19. The number of fused-ring (bicyclic) bond motifs is 1. The van der Waals surface area contributed by atoms with Crippen LogP contribution in [0.5, 0.6) is 0 Å². The van der Waals surface area contributed by atoms with E-state index in [1.165, 1.54) is 41.3 Å². The molecule has 0 radical (unpaired) electrons. The van der Waals surface area contributed by atoms with Gasteiger partial charge in [0.1, 0.15) is 5.69 Å². The first-order valence-corrected chi connectivity index (χ1v) is 9.96. The van der Waals surface area contributed by atoms with Crippen molar-refractivity contribution in [3.63, 3.8) is 0 Å². The predicted octanol–water partition coefficient (Wildman–Crippen LogP) is 3.89. The van der Waals surface area contributed by atoms with E-state index in [4.69, 9.17) is 19.8 Å². The molecule has 0 spiro atoms. The first-order chi connectivity index (χ1) is 13.6. The van der Waals surface area contributed by atoms with Crippen molar-refractivity contribution in [3.8, 4) is 10.6 Å². The molecule has 1 fully saturated rings. The minimum absolute atomic E-state index is 1.00. The van der Waals surface area contributed by atoms with Crippen LogP contribution in [0, 0.1) is 0 Å². The molecule has 2 N–H and O–H groups in total. The molecule has 1 aliphatic rings. The van der Waals surface area contributed by atoms with Gasteiger partial charge in [-0.25, -0.2) is 9.59 Å². The number of nitrogens with zero attached hydrogens (tertiary/aromatic N) is 3. The molecule has 0 bridgehead atoms. The first kappa shape index (κ1) is 19.8. The van der Waals surface area contributed by atoms with Gasteiger partial charge < -0.3 is 15.1 Å². The number of carbonyl (C=O) groups is 2. The van der Waals surface area contributed by atoms with E-state index in [0.717, 1.165) is 24.6 Å². The minimum Gasteiger partial charge on any atom is -0.473 e. The van der Waals surface area contributed by atoms with Crippen molar-refractivity contribution < 1.29 is 19.8 Å². The van der Waals surface area contributed by atoms with E-state index in [2.05, 4.69) is 56.9 Å². The molecular formula is C20H21N3O4S. The van der Waals surface area contributed by atoms with E-state index >= 15 is 0 Å². The number of carboxylic acids is 2. The lowest BCUT2D eigenvalue weighted by atomic mass is 10.1. The molecule has 0 atom stereocenters. The van der Waals surface area contributed by atoms with Crippen molar-refractivity contribution in [2.45, 2.75) is 25.7 Å². The van der Waals surface area contributed by atoms with Gasteiger partial charge in [0.2, 0.25) is 0 Å². The van der Waals surface area contributed by atoms with E-state index in [-0.39, 0.29) is 0 Å². The summed E-state index contributed by atoms with van der Waals surface area (Å²) in [5.41, 5.74) is 1.00. The molecule has 0 aliphatic carbocycles. The normalized spacial score (nSPS) is 14.1. The number of hydrogen-bond donors (Lipinski definition) is 2. The molecule has 1 aromatic carbocycles. The third kappa shape index (κ3) is 4.64. The lowest BCUT2D eigenvalue weighted by Gasteiger charge is -2.22. The van der Waals surface area contributed by atoms with Crippen molar-refractivity contribution in [1.29, 1.82) is 0 Å². The second-order valence-corrected chi connectivity index (χ2v) is 7.35. The SMILES string of the molecule is O=C(O)C(=O)O.c1csc(-c2nnc(N3CCCCCC3)c3ccccc23)c1. The van der Waals surface area contributed by atoms with Crippen molar-refractivity contribution in [2.24, 2.45) is 0 Å². The number of hydrogen-bond acceptors (Lipinski definition) is 6. The predicted molar refractivity (Wildman–Crippen MR) is 109 cm³/mol. The third-order valence-electron chi connectivity index (χ3n) is 4.51. The second kappa shape index (κ2) is 9.27. The van der Waals surface area contributed by atoms with E-state index in [0.29, 0.717) is 0 Å². The molecular weight excluding hydrogens is 378 g/mol. The minimum atomic E-state index is -1.82. The van der Waals surface area contributed by atoms with E-state index in [1.54, 1.807) is 11.3 Å². The summed E-state index contributed by atoms with van der Waals surface area (Å²) >= 11 is 1.72. The highest BCUT2D eigenvalue weighted by molar-refractivity contribution is 7.13. The van der Waals surface area contributed by atoms with Crippen LogP contribution in [0.3, 0.4) is 0 Å². The lowest BCUT2D eigenvalue weighted by Crippen LogP contribution is -2.25. The monoisotopic (exact) mass is 399 g/mol. The molecule has 0 saturated carbocycles. The fourth-order valence-corrected chi connectivity index (χ4v) is 3.92. The molecule has 4 rings (SSSR count). The summed E-state index contributed by atoms with van der Waals surface area (Å²) in [6.07, 6.45) is 5.16. The van der Waals surface area contributed by atoms with E-state index in [1.807, 2.05) is 0 Å². The van der Waals surface area contributed by atoms with Crippen LogP contribution in [0.1, 0.15) is 25.7 Å². The molecule has 1 aliphatic heterocycles. The molecule has 28 heavy (non-hydrogen) atoms. The zero-order valence-corrected chi connectivity index (χ0v) is 16.1. The Kier molecular flexibility index (Phi) is 6.54. The summed E-state index contributed by atoms with van der Waals surface area (Å²) < 4.78 is 0. The highest BCUT2D eigenvalue weighted by Crippen LogP contribution is 2.33. The Bertz CT molecular complexity index is 939. The molecule has 1 saturated heterocycles. The highest BCUT2D eigenvalue weighted by atomic mass is 32.1. The maximum atomic E-state index is 9.10. The molecule has 0 unspecified atom stereocenters. The molecule has 0 amide bonds. The molecule has 7 nitrogen and oxygen atoms in total. The van der Waals surface area contributed by atoms with Gasteiger partial charge in [0.15, 0.2) is 5.82 Å². The van der Waals surface area contributed by atoms with Crippen molar-refractivity contribution in [2.75, 3.05) is 18.0 Å². The van der Waals surface area contributed by atoms with Crippen LogP contribution in [0.2, 0.25) is 0 Å². The summed E-state index contributed by atoms with van der Waals surface area (Å²) in [4.78, 5) is 21.8. The second-order valence-electron chi connectivity index (χ2n) is 6.41. The van der Waals surface area contributed by atoms with E-state index < -0.39 is 11.9 Å². The maximum absolute atomic E-state index is 9.10. The Morgan fingerprint density at radius 2 is 1.50 bits per heavy atom.